The van der Waals surface area contributed by atoms with Crippen molar-refractivity contribution in [3.05, 3.63) is 58.1 Å². The molecular formula is C23H29ClN2. The lowest BCUT2D eigenvalue weighted by Crippen LogP contribution is -2.51. The average Bonchev–Trinajstić information content (AvgIpc) is 2.53. The van der Waals surface area contributed by atoms with Gasteiger partial charge in [-0.1, -0.05) is 18.5 Å². The minimum atomic E-state index is 0.173. The molecule has 2 nitrogen and oxygen atoms in total. The van der Waals surface area contributed by atoms with Gasteiger partial charge in [0.25, 0.3) is 0 Å². The van der Waals surface area contributed by atoms with Crippen molar-refractivity contribution < 1.29 is 0 Å². The van der Waals surface area contributed by atoms with E-state index in [0.717, 1.165) is 17.1 Å². The molecule has 3 rings (SSSR count). The van der Waals surface area contributed by atoms with Gasteiger partial charge in [0.15, 0.2) is 0 Å². The molecule has 0 radical (unpaired) electrons. The second-order valence-corrected chi connectivity index (χ2v) is 8.82. The Kier molecular flexibility index (Phi) is 5.16. The van der Waals surface area contributed by atoms with Crippen LogP contribution < -0.4 is 4.90 Å². The molecule has 0 aromatic heterocycles. The Labute approximate surface area is 162 Å². The fourth-order valence-electron chi connectivity index (χ4n) is 4.40. The van der Waals surface area contributed by atoms with Gasteiger partial charge in [-0.3, -0.25) is 4.99 Å². The fourth-order valence-corrected chi connectivity index (χ4v) is 4.53. The van der Waals surface area contributed by atoms with Crippen LogP contribution in [0.25, 0.3) is 0 Å². The summed E-state index contributed by atoms with van der Waals surface area (Å²) in [6.45, 7) is 13.8. The van der Waals surface area contributed by atoms with Crippen LogP contribution in [-0.2, 0) is 0 Å². The van der Waals surface area contributed by atoms with Gasteiger partial charge in [0.2, 0.25) is 0 Å². The highest BCUT2D eigenvalue weighted by molar-refractivity contribution is 6.30. The number of aliphatic imine (C=N–C) groups is 1. The third kappa shape index (κ3) is 3.66. The van der Waals surface area contributed by atoms with E-state index in [-0.39, 0.29) is 5.54 Å². The Hall–Kier alpha value is -1.80. The molecule has 0 N–H and O–H groups in total. The first kappa shape index (κ1) is 19.0. The summed E-state index contributed by atoms with van der Waals surface area (Å²) in [6.07, 6.45) is 3.14. The lowest BCUT2D eigenvalue weighted by molar-refractivity contribution is 0.356. The summed E-state index contributed by atoms with van der Waals surface area (Å²) in [4.78, 5) is 7.22. The third-order valence-electron chi connectivity index (χ3n) is 5.36. The molecular weight excluding hydrogens is 340 g/mol. The van der Waals surface area contributed by atoms with Crippen LogP contribution in [0.1, 0.15) is 63.6 Å². The van der Waals surface area contributed by atoms with Crippen LogP contribution in [0.2, 0.25) is 5.02 Å². The highest BCUT2D eigenvalue weighted by Crippen LogP contribution is 2.45. The molecule has 1 aliphatic heterocycles. The quantitative estimate of drug-likeness (QED) is 0.538. The van der Waals surface area contributed by atoms with E-state index in [1.807, 2.05) is 30.5 Å². The van der Waals surface area contributed by atoms with Gasteiger partial charge >= 0.3 is 0 Å². The van der Waals surface area contributed by atoms with Crippen molar-refractivity contribution in [3.63, 3.8) is 0 Å². The summed E-state index contributed by atoms with van der Waals surface area (Å²) in [5.41, 5.74) is 6.35. The van der Waals surface area contributed by atoms with E-state index in [0.29, 0.717) is 12.0 Å². The summed E-state index contributed by atoms with van der Waals surface area (Å²) in [7, 11) is 0. The molecule has 0 amide bonds. The zero-order chi connectivity index (χ0) is 19.1. The number of rotatable bonds is 3. The van der Waals surface area contributed by atoms with Crippen molar-refractivity contribution in [3.8, 4) is 0 Å². The Morgan fingerprint density at radius 2 is 1.85 bits per heavy atom. The van der Waals surface area contributed by atoms with Crippen LogP contribution in [-0.4, -0.2) is 17.8 Å². The molecule has 1 atom stereocenters. The van der Waals surface area contributed by atoms with Crippen LogP contribution >= 0.6 is 11.6 Å². The normalized spacial score (nSPS) is 19.2. The van der Waals surface area contributed by atoms with E-state index >= 15 is 0 Å². The minimum Gasteiger partial charge on any atom is -0.364 e. The maximum Gasteiger partial charge on any atom is 0.0630 e. The monoisotopic (exact) mass is 368 g/mol. The molecule has 0 aliphatic carbocycles. The van der Waals surface area contributed by atoms with E-state index in [1.54, 1.807) is 0 Å². The summed E-state index contributed by atoms with van der Waals surface area (Å²) in [6, 6.07) is 12.8. The summed E-state index contributed by atoms with van der Waals surface area (Å²) in [5.74, 6) is 0.540. The van der Waals surface area contributed by atoms with Crippen LogP contribution in [0, 0.1) is 6.92 Å². The second-order valence-electron chi connectivity index (χ2n) is 8.38. The Bertz CT molecular complexity index is 819. The van der Waals surface area contributed by atoms with Crippen LogP contribution in [0.5, 0.6) is 0 Å². The number of nitrogens with zero attached hydrogens (tertiary/aromatic N) is 2. The van der Waals surface area contributed by atoms with E-state index in [9.17, 15) is 0 Å². The van der Waals surface area contributed by atoms with Gasteiger partial charge in [-0.05, 0) is 100 Å². The maximum atomic E-state index is 5.96. The third-order valence-corrected chi connectivity index (χ3v) is 5.61. The van der Waals surface area contributed by atoms with Gasteiger partial charge in [0.1, 0.15) is 0 Å². The van der Waals surface area contributed by atoms with Crippen molar-refractivity contribution in [1.29, 1.82) is 0 Å². The van der Waals surface area contributed by atoms with Gasteiger partial charge in [-0.2, -0.15) is 0 Å². The fraction of sp³-hybridized carbons (Fsp3) is 0.435. The standard InChI is InChI=1S/C23H29ClN2/c1-15(2)26-22-11-16(3)18(12-21(22)17(4)13-23(26,5)6)14-25-20-9-7-19(24)8-10-20/h7-12,14-15,17H,13H2,1-6H3. The molecule has 1 unspecified atom stereocenters. The Morgan fingerprint density at radius 1 is 1.19 bits per heavy atom. The molecule has 1 aliphatic rings. The van der Waals surface area contributed by atoms with E-state index in [4.69, 9.17) is 11.6 Å². The minimum absolute atomic E-state index is 0.173. The largest absolute Gasteiger partial charge is 0.364 e. The molecule has 0 spiro atoms. The summed E-state index contributed by atoms with van der Waals surface area (Å²) >= 11 is 5.96. The second kappa shape index (κ2) is 7.08. The van der Waals surface area contributed by atoms with Gasteiger partial charge < -0.3 is 4.90 Å². The average molecular weight is 369 g/mol. The zero-order valence-corrected chi connectivity index (χ0v) is 17.4. The molecule has 0 saturated heterocycles. The number of hydrogen-bond acceptors (Lipinski definition) is 2. The van der Waals surface area contributed by atoms with Gasteiger partial charge in [-0.15, -0.1) is 0 Å². The number of benzene rings is 2. The smallest absolute Gasteiger partial charge is 0.0630 e. The lowest BCUT2D eigenvalue weighted by atomic mass is 9.78. The van der Waals surface area contributed by atoms with Crippen molar-refractivity contribution in [2.45, 2.75) is 65.5 Å². The molecule has 2 aromatic rings. The predicted molar refractivity (Wildman–Crippen MR) is 115 cm³/mol. The first-order chi connectivity index (χ1) is 12.2. The topological polar surface area (TPSA) is 15.6 Å². The number of halogens is 1. The summed E-state index contributed by atoms with van der Waals surface area (Å²) in [5, 5.41) is 0.735. The van der Waals surface area contributed by atoms with Gasteiger partial charge in [-0.25, -0.2) is 0 Å². The van der Waals surface area contributed by atoms with E-state index < -0.39 is 0 Å². The van der Waals surface area contributed by atoms with E-state index in [1.165, 1.54) is 22.4 Å². The Balaban J connectivity index is 2.01. The summed E-state index contributed by atoms with van der Waals surface area (Å²) < 4.78 is 0. The van der Waals surface area contributed by atoms with Gasteiger partial charge in [0.05, 0.1) is 5.69 Å². The first-order valence-electron chi connectivity index (χ1n) is 9.42. The highest BCUT2D eigenvalue weighted by atomic mass is 35.5. The molecule has 0 fully saturated rings. The number of aryl methyl sites for hydroxylation is 1. The van der Waals surface area contributed by atoms with Gasteiger partial charge in [0, 0.05) is 28.5 Å². The van der Waals surface area contributed by atoms with Crippen LogP contribution in [0.15, 0.2) is 41.4 Å². The van der Waals surface area contributed by atoms with Crippen molar-refractivity contribution in [2.24, 2.45) is 4.99 Å². The Morgan fingerprint density at radius 3 is 2.46 bits per heavy atom. The SMILES string of the molecule is Cc1cc2c(cc1C=Nc1ccc(Cl)cc1)C(C)CC(C)(C)N2C(C)C. The number of hydrogen-bond donors (Lipinski definition) is 0. The molecule has 3 heteroatoms. The van der Waals surface area contributed by atoms with Crippen molar-refractivity contribution in [1.82, 2.24) is 0 Å². The predicted octanol–water partition coefficient (Wildman–Crippen LogP) is 6.90. The lowest BCUT2D eigenvalue weighted by Gasteiger charge is -2.50. The van der Waals surface area contributed by atoms with Crippen molar-refractivity contribution in [2.75, 3.05) is 4.90 Å². The first-order valence-corrected chi connectivity index (χ1v) is 9.80. The molecule has 0 bridgehead atoms. The van der Waals surface area contributed by atoms with E-state index in [2.05, 4.69) is 63.6 Å². The molecule has 2 aromatic carbocycles. The molecule has 1 heterocycles. The maximum absolute atomic E-state index is 5.96. The zero-order valence-electron chi connectivity index (χ0n) is 16.7. The van der Waals surface area contributed by atoms with Crippen LogP contribution in [0.3, 0.4) is 0 Å². The van der Waals surface area contributed by atoms with Crippen molar-refractivity contribution >= 4 is 29.2 Å². The van der Waals surface area contributed by atoms with Crippen LogP contribution in [0.4, 0.5) is 11.4 Å². The molecule has 0 saturated carbocycles. The molecule has 138 valence electrons. The number of anilines is 1. The molecule has 26 heavy (non-hydrogen) atoms. The highest BCUT2D eigenvalue weighted by Gasteiger charge is 2.37. The number of fused-ring (bicyclic) bond motifs is 1.